The first-order valence-corrected chi connectivity index (χ1v) is 7.77. The Morgan fingerprint density at radius 3 is 2.33 bits per heavy atom. The molecule has 0 aliphatic rings. The molecule has 110 valence electrons. The van der Waals surface area contributed by atoms with Crippen molar-refractivity contribution in [3.05, 3.63) is 54.1 Å². The molecule has 0 spiro atoms. The number of ether oxygens (including phenoxy) is 1. The molecule has 0 atom stereocenters. The number of phenols is 1. The van der Waals surface area contributed by atoms with Crippen molar-refractivity contribution < 1.29 is 23.1 Å². The zero-order valence-electron chi connectivity index (χ0n) is 11.3. The maximum atomic E-state index is 12.3. The number of carbonyl (C=O) groups is 1. The summed E-state index contributed by atoms with van der Waals surface area (Å²) in [5.74, 6) is -0.978. The van der Waals surface area contributed by atoms with Crippen LogP contribution in [0.5, 0.6) is 11.5 Å². The zero-order valence-corrected chi connectivity index (χ0v) is 12.1. The predicted octanol–water partition coefficient (Wildman–Crippen LogP) is 2.06. The van der Waals surface area contributed by atoms with E-state index in [0.717, 1.165) is 0 Å². The van der Waals surface area contributed by atoms with Crippen molar-refractivity contribution >= 4 is 15.6 Å². The summed E-state index contributed by atoms with van der Waals surface area (Å²) in [6.07, 6.45) is 0. The molecule has 6 heteroatoms. The second-order valence-electron chi connectivity index (χ2n) is 4.38. The molecule has 0 aromatic heterocycles. The van der Waals surface area contributed by atoms with Crippen LogP contribution in [0.3, 0.4) is 0 Å². The number of hydrogen-bond acceptors (Lipinski definition) is 5. The normalized spacial score (nSPS) is 11.1. The average molecular weight is 306 g/mol. The Kier molecular flexibility index (Phi) is 4.28. The molecule has 1 N–H and O–H groups in total. The van der Waals surface area contributed by atoms with Gasteiger partial charge in [-0.1, -0.05) is 12.1 Å². The number of benzene rings is 2. The summed E-state index contributed by atoms with van der Waals surface area (Å²) < 4.78 is 29.6. The van der Waals surface area contributed by atoms with Crippen molar-refractivity contribution in [1.82, 2.24) is 0 Å². The van der Waals surface area contributed by atoms with Gasteiger partial charge in [0.2, 0.25) is 0 Å². The van der Waals surface area contributed by atoms with Gasteiger partial charge < -0.3 is 9.84 Å². The summed E-state index contributed by atoms with van der Waals surface area (Å²) in [5, 5.41) is 9.17. The molecule has 0 amide bonds. The fraction of sp³-hybridized carbons (Fsp3) is 0.133. The number of hydrogen-bond donors (Lipinski definition) is 1. The summed E-state index contributed by atoms with van der Waals surface area (Å²) in [6.45, 7) is 0. The summed E-state index contributed by atoms with van der Waals surface area (Å²) in [6, 6.07) is 11.6. The van der Waals surface area contributed by atoms with E-state index >= 15 is 0 Å². The highest BCUT2D eigenvalue weighted by Crippen LogP contribution is 2.24. The van der Waals surface area contributed by atoms with E-state index in [4.69, 9.17) is 4.74 Å². The van der Waals surface area contributed by atoms with Crippen LogP contribution in [-0.4, -0.2) is 32.2 Å². The van der Waals surface area contributed by atoms with Crippen LogP contribution in [0.1, 0.15) is 10.4 Å². The molecule has 2 rings (SSSR count). The maximum Gasteiger partial charge on any atom is 0.189 e. The number of carbonyl (C=O) groups excluding carboxylic acids is 1. The number of ketones is 1. The number of methoxy groups -OCH3 is 1. The van der Waals surface area contributed by atoms with Crippen LogP contribution >= 0.6 is 0 Å². The molecule has 2 aromatic rings. The monoisotopic (exact) mass is 306 g/mol. The number of para-hydroxylation sites is 1. The first kappa shape index (κ1) is 15.1. The molecule has 0 bridgehead atoms. The molecule has 0 radical (unpaired) electrons. The molecule has 0 fully saturated rings. The van der Waals surface area contributed by atoms with Crippen LogP contribution < -0.4 is 4.74 Å². The molecule has 0 saturated heterocycles. The van der Waals surface area contributed by atoms with Gasteiger partial charge in [-0.2, -0.15) is 0 Å². The minimum absolute atomic E-state index is 0.0131. The Labute approximate surface area is 122 Å². The van der Waals surface area contributed by atoms with Crippen LogP contribution in [0.15, 0.2) is 53.4 Å². The van der Waals surface area contributed by atoms with Crippen LogP contribution in [0.4, 0.5) is 0 Å². The molecular weight excluding hydrogens is 292 g/mol. The highest BCUT2D eigenvalue weighted by molar-refractivity contribution is 7.92. The van der Waals surface area contributed by atoms with E-state index in [2.05, 4.69) is 0 Å². The molecular formula is C15H14O5S. The van der Waals surface area contributed by atoms with E-state index in [-0.39, 0.29) is 22.0 Å². The third-order valence-corrected chi connectivity index (χ3v) is 4.56. The van der Waals surface area contributed by atoms with Gasteiger partial charge in [0.05, 0.1) is 7.11 Å². The van der Waals surface area contributed by atoms with Crippen molar-refractivity contribution in [3.63, 3.8) is 0 Å². The fourth-order valence-corrected chi connectivity index (χ4v) is 3.27. The Hall–Kier alpha value is -2.34. The van der Waals surface area contributed by atoms with E-state index in [0.29, 0.717) is 0 Å². The van der Waals surface area contributed by atoms with Crippen LogP contribution in [0.2, 0.25) is 0 Å². The number of Topliss-reactive ketones (excluding diaryl/α,β-unsaturated/α-hetero) is 1. The molecule has 0 unspecified atom stereocenters. The van der Waals surface area contributed by atoms with E-state index in [1.54, 1.807) is 12.1 Å². The van der Waals surface area contributed by atoms with Gasteiger partial charge in [0.15, 0.2) is 15.6 Å². The molecule has 0 aliphatic carbocycles. The lowest BCUT2D eigenvalue weighted by atomic mass is 10.1. The first-order chi connectivity index (χ1) is 9.94. The standard InChI is InChI=1S/C15H14O5S/c1-20-14-4-2-3-5-15(14)21(18,19)10-13(17)11-6-8-12(16)9-7-11/h2-9,16H,10H2,1H3. The van der Waals surface area contributed by atoms with E-state index < -0.39 is 21.4 Å². The largest absolute Gasteiger partial charge is 0.508 e. The lowest BCUT2D eigenvalue weighted by Gasteiger charge is -2.08. The van der Waals surface area contributed by atoms with Gasteiger partial charge >= 0.3 is 0 Å². The van der Waals surface area contributed by atoms with Crippen molar-refractivity contribution in [1.29, 1.82) is 0 Å². The van der Waals surface area contributed by atoms with Crippen LogP contribution in [0, 0.1) is 0 Å². The number of rotatable bonds is 5. The van der Waals surface area contributed by atoms with E-state index in [1.807, 2.05) is 0 Å². The van der Waals surface area contributed by atoms with Crippen LogP contribution in [-0.2, 0) is 9.84 Å². The highest BCUT2D eigenvalue weighted by atomic mass is 32.2. The highest BCUT2D eigenvalue weighted by Gasteiger charge is 2.23. The SMILES string of the molecule is COc1ccccc1S(=O)(=O)CC(=O)c1ccc(O)cc1. The molecule has 0 heterocycles. The molecule has 21 heavy (non-hydrogen) atoms. The Balaban J connectivity index is 2.29. The average Bonchev–Trinajstić information content (AvgIpc) is 2.47. The van der Waals surface area contributed by atoms with Gasteiger partial charge in [-0.25, -0.2) is 8.42 Å². The second kappa shape index (κ2) is 5.97. The minimum Gasteiger partial charge on any atom is -0.508 e. The van der Waals surface area contributed by atoms with Crippen molar-refractivity contribution in [2.45, 2.75) is 4.90 Å². The Bertz CT molecular complexity index is 748. The molecule has 0 saturated carbocycles. The maximum absolute atomic E-state index is 12.3. The summed E-state index contributed by atoms with van der Waals surface area (Å²) >= 11 is 0. The smallest absolute Gasteiger partial charge is 0.189 e. The lowest BCUT2D eigenvalue weighted by Crippen LogP contribution is -2.17. The van der Waals surface area contributed by atoms with E-state index in [9.17, 15) is 18.3 Å². The predicted molar refractivity (Wildman–Crippen MR) is 77.5 cm³/mol. The minimum atomic E-state index is -3.80. The third kappa shape index (κ3) is 3.41. The third-order valence-electron chi connectivity index (χ3n) is 2.91. The summed E-state index contributed by atoms with van der Waals surface area (Å²) in [5.41, 5.74) is 0.228. The lowest BCUT2D eigenvalue weighted by molar-refractivity contribution is 0.102. The number of sulfone groups is 1. The first-order valence-electron chi connectivity index (χ1n) is 6.12. The van der Waals surface area contributed by atoms with Gasteiger partial charge in [-0.15, -0.1) is 0 Å². The van der Waals surface area contributed by atoms with Gasteiger partial charge in [0.1, 0.15) is 22.1 Å². The van der Waals surface area contributed by atoms with Crippen molar-refractivity contribution in [3.8, 4) is 11.5 Å². The van der Waals surface area contributed by atoms with Gasteiger partial charge in [0, 0.05) is 5.56 Å². The number of phenolic OH excluding ortho intramolecular Hbond substituents is 1. The van der Waals surface area contributed by atoms with Gasteiger partial charge in [0.25, 0.3) is 0 Å². The Morgan fingerprint density at radius 2 is 1.71 bits per heavy atom. The number of aromatic hydroxyl groups is 1. The van der Waals surface area contributed by atoms with Crippen molar-refractivity contribution in [2.24, 2.45) is 0 Å². The fourth-order valence-electron chi connectivity index (χ4n) is 1.86. The topological polar surface area (TPSA) is 80.7 Å². The summed E-state index contributed by atoms with van der Waals surface area (Å²) in [7, 11) is -2.43. The quantitative estimate of drug-likeness (QED) is 0.855. The van der Waals surface area contributed by atoms with E-state index in [1.165, 1.54) is 43.5 Å². The molecule has 5 nitrogen and oxygen atoms in total. The van der Waals surface area contributed by atoms with Crippen LogP contribution in [0.25, 0.3) is 0 Å². The Morgan fingerprint density at radius 1 is 1.10 bits per heavy atom. The van der Waals surface area contributed by atoms with Gasteiger partial charge in [-0.3, -0.25) is 4.79 Å². The summed E-state index contributed by atoms with van der Waals surface area (Å²) in [4.78, 5) is 12.0. The zero-order chi connectivity index (χ0) is 15.5. The second-order valence-corrected chi connectivity index (χ2v) is 6.34. The molecule has 2 aromatic carbocycles. The van der Waals surface area contributed by atoms with Crippen molar-refractivity contribution in [2.75, 3.05) is 12.9 Å². The molecule has 0 aliphatic heterocycles. The van der Waals surface area contributed by atoms with Gasteiger partial charge in [-0.05, 0) is 36.4 Å².